The monoisotopic (exact) mass is 316 g/mol. The summed E-state index contributed by atoms with van der Waals surface area (Å²) in [5, 5.41) is 21.0. The number of carbonyl (C=O) groups excluding carboxylic acids is 1. The van der Waals surface area contributed by atoms with Crippen molar-refractivity contribution in [3.63, 3.8) is 0 Å². The molecule has 0 heterocycles. The second-order valence-electron chi connectivity index (χ2n) is 8.12. The SMILES string of the molecule is C=C1CC[C@@H]2CCC3=C(C(=O)[C@@H](/C(C)=C\C(O)C1)[C@H]3O)C2(C)C. The fraction of sp³-hybridized carbons (Fsp3) is 0.650. The van der Waals surface area contributed by atoms with Gasteiger partial charge in [-0.1, -0.05) is 37.6 Å². The summed E-state index contributed by atoms with van der Waals surface area (Å²) in [6, 6.07) is 0. The van der Waals surface area contributed by atoms with Crippen LogP contribution in [0.25, 0.3) is 0 Å². The van der Waals surface area contributed by atoms with Crippen molar-refractivity contribution in [3.8, 4) is 0 Å². The highest BCUT2D eigenvalue weighted by Crippen LogP contribution is 2.53. The van der Waals surface area contributed by atoms with Crippen molar-refractivity contribution in [2.75, 3.05) is 0 Å². The topological polar surface area (TPSA) is 57.5 Å². The molecular formula is C20H28O3. The van der Waals surface area contributed by atoms with E-state index in [0.717, 1.165) is 48.0 Å². The van der Waals surface area contributed by atoms with E-state index in [-0.39, 0.29) is 11.2 Å². The maximum Gasteiger partial charge on any atom is 0.169 e. The van der Waals surface area contributed by atoms with Gasteiger partial charge in [-0.05, 0) is 55.9 Å². The molecular weight excluding hydrogens is 288 g/mol. The molecule has 0 aromatic carbocycles. The highest BCUT2D eigenvalue weighted by molar-refractivity contribution is 6.04. The van der Waals surface area contributed by atoms with Gasteiger partial charge in [0.15, 0.2) is 5.78 Å². The number of allylic oxidation sites excluding steroid dienone is 1. The minimum Gasteiger partial charge on any atom is -0.389 e. The number of rotatable bonds is 0. The molecule has 0 amide bonds. The predicted octanol–water partition coefficient (Wildman–Crippen LogP) is 3.33. The second-order valence-corrected chi connectivity index (χ2v) is 8.12. The summed E-state index contributed by atoms with van der Waals surface area (Å²) in [6.45, 7) is 10.3. The van der Waals surface area contributed by atoms with Gasteiger partial charge in [0.1, 0.15) is 0 Å². The molecule has 0 spiro atoms. The Hall–Kier alpha value is -1.19. The average Bonchev–Trinajstić information content (AvgIpc) is 2.69. The molecule has 3 rings (SSSR count). The Balaban J connectivity index is 2.10. The zero-order valence-corrected chi connectivity index (χ0v) is 14.4. The van der Waals surface area contributed by atoms with E-state index in [0.29, 0.717) is 12.3 Å². The first-order valence-corrected chi connectivity index (χ1v) is 8.72. The van der Waals surface area contributed by atoms with E-state index < -0.39 is 18.1 Å². The molecule has 0 saturated carbocycles. The van der Waals surface area contributed by atoms with E-state index in [1.165, 1.54) is 0 Å². The summed E-state index contributed by atoms with van der Waals surface area (Å²) < 4.78 is 0. The van der Waals surface area contributed by atoms with Crippen LogP contribution >= 0.6 is 0 Å². The molecule has 1 unspecified atom stereocenters. The van der Waals surface area contributed by atoms with Gasteiger partial charge in [0, 0.05) is 5.57 Å². The van der Waals surface area contributed by atoms with Crippen LogP contribution in [0.3, 0.4) is 0 Å². The zero-order valence-electron chi connectivity index (χ0n) is 14.4. The third-order valence-corrected chi connectivity index (χ3v) is 6.24. The molecule has 3 aliphatic carbocycles. The molecule has 4 atom stereocenters. The smallest absolute Gasteiger partial charge is 0.169 e. The summed E-state index contributed by atoms with van der Waals surface area (Å²) in [7, 11) is 0. The van der Waals surface area contributed by atoms with Crippen LogP contribution in [-0.4, -0.2) is 28.2 Å². The van der Waals surface area contributed by atoms with Crippen LogP contribution < -0.4 is 0 Å². The van der Waals surface area contributed by atoms with Crippen LogP contribution in [0, 0.1) is 17.3 Å². The molecule has 23 heavy (non-hydrogen) atoms. The minimum absolute atomic E-state index is 0.0718. The third-order valence-electron chi connectivity index (χ3n) is 6.24. The largest absolute Gasteiger partial charge is 0.389 e. The third kappa shape index (κ3) is 2.64. The van der Waals surface area contributed by atoms with Gasteiger partial charge >= 0.3 is 0 Å². The average molecular weight is 316 g/mol. The van der Waals surface area contributed by atoms with Crippen molar-refractivity contribution in [3.05, 3.63) is 34.9 Å². The van der Waals surface area contributed by atoms with Crippen LogP contribution in [0.5, 0.6) is 0 Å². The quantitative estimate of drug-likeness (QED) is 0.674. The number of ketones is 1. The van der Waals surface area contributed by atoms with E-state index in [1.54, 1.807) is 6.08 Å². The summed E-state index contributed by atoms with van der Waals surface area (Å²) in [5.41, 5.74) is 3.46. The van der Waals surface area contributed by atoms with Gasteiger partial charge in [0.05, 0.1) is 18.1 Å². The predicted molar refractivity (Wildman–Crippen MR) is 90.8 cm³/mol. The van der Waals surface area contributed by atoms with Crippen LogP contribution in [0.2, 0.25) is 0 Å². The number of Topliss-reactive ketones (excluding diaryl/α,β-unsaturated/α-hetero) is 1. The molecule has 2 N–H and O–H groups in total. The van der Waals surface area contributed by atoms with Crippen molar-refractivity contribution < 1.29 is 15.0 Å². The van der Waals surface area contributed by atoms with Crippen LogP contribution in [0.15, 0.2) is 34.9 Å². The van der Waals surface area contributed by atoms with E-state index in [2.05, 4.69) is 20.4 Å². The van der Waals surface area contributed by atoms with Gasteiger partial charge in [0.2, 0.25) is 0 Å². The number of hydrogen-bond donors (Lipinski definition) is 2. The van der Waals surface area contributed by atoms with E-state index in [4.69, 9.17) is 0 Å². The van der Waals surface area contributed by atoms with E-state index in [1.807, 2.05) is 6.92 Å². The maximum atomic E-state index is 13.1. The van der Waals surface area contributed by atoms with Gasteiger partial charge < -0.3 is 10.2 Å². The molecule has 126 valence electrons. The Kier molecular flexibility index (Phi) is 4.14. The Labute approximate surface area is 138 Å². The lowest BCUT2D eigenvalue weighted by molar-refractivity contribution is -0.120. The highest BCUT2D eigenvalue weighted by Gasteiger charge is 2.51. The number of hydrogen-bond acceptors (Lipinski definition) is 3. The van der Waals surface area contributed by atoms with Crippen LogP contribution in [0.4, 0.5) is 0 Å². The molecule has 0 aromatic rings. The van der Waals surface area contributed by atoms with Crippen molar-refractivity contribution in [2.45, 2.75) is 65.1 Å². The molecule has 3 nitrogen and oxygen atoms in total. The zero-order chi connectivity index (χ0) is 16.9. The summed E-state index contributed by atoms with van der Waals surface area (Å²) in [5.74, 6) is -0.0170. The molecule has 0 aromatic heterocycles. The number of aliphatic hydroxyl groups excluding tert-OH is 2. The van der Waals surface area contributed by atoms with E-state index >= 15 is 0 Å². The summed E-state index contributed by atoms with van der Waals surface area (Å²) in [6.07, 6.45) is 4.64. The van der Waals surface area contributed by atoms with Crippen molar-refractivity contribution in [2.24, 2.45) is 17.3 Å². The standard InChI is InChI=1S/C20H28O3/c1-11-5-6-13-7-8-15-17(20(13,3)4)19(23)16(18(15)22)12(2)10-14(21)9-11/h10,13-14,16,18,21-22H,1,5-9H2,2-4H3/b12-10-/t13-,14?,16+,18+/m1/s1. The van der Waals surface area contributed by atoms with E-state index in [9.17, 15) is 15.0 Å². The van der Waals surface area contributed by atoms with Crippen molar-refractivity contribution in [1.82, 2.24) is 0 Å². The second kappa shape index (κ2) is 5.71. The van der Waals surface area contributed by atoms with Gasteiger partial charge in [-0.3, -0.25) is 4.79 Å². The summed E-state index contributed by atoms with van der Waals surface area (Å²) in [4.78, 5) is 13.1. The van der Waals surface area contributed by atoms with Gasteiger partial charge in [-0.15, -0.1) is 0 Å². The van der Waals surface area contributed by atoms with Gasteiger partial charge in [-0.25, -0.2) is 0 Å². The molecule has 0 radical (unpaired) electrons. The number of fused-ring (bicyclic) bond motifs is 2. The van der Waals surface area contributed by atoms with Crippen molar-refractivity contribution in [1.29, 1.82) is 0 Å². The fourth-order valence-electron chi connectivity index (χ4n) is 4.91. The number of aliphatic hydroxyl groups is 2. The number of carbonyl (C=O) groups is 1. The highest BCUT2D eigenvalue weighted by atomic mass is 16.3. The Morgan fingerprint density at radius 3 is 2.57 bits per heavy atom. The first-order valence-electron chi connectivity index (χ1n) is 8.72. The molecule has 0 saturated heterocycles. The molecule has 0 fully saturated rings. The Morgan fingerprint density at radius 2 is 1.87 bits per heavy atom. The minimum atomic E-state index is -0.717. The summed E-state index contributed by atoms with van der Waals surface area (Å²) >= 11 is 0. The molecule has 3 aliphatic rings. The normalized spacial score (nSPS) is 39.8. The van der Waals surface area contributed by atoms with Crippen LogP contribution in [-0.2, 0) is 4.79 Å². The molecule has 3 bridgehead atoms. The molecule has 0 aliphatic heterocycles. The van der Waals surface area contributed by atoms with Gasteiger partial charge in [0.25, 0.3) is 0 Å². The lowest BCUT2D eigenvalue weighted by atomic mass is 9.63. The van der Waals surface area contributed by atoms with Gasteiger partial charge in [-0.2, -0.15) is 0 Å². The maximum absolute atomic E-state index is 13.1. The lowest BCUT2D eigenvalue weighted by Crippen LogP contribution is -2.33. The van der Waals surface area contributed by atoms with Crippen molar-refractivity contribution >= 4 is 5.78 Å². The fourth-order valence-corrected chi connectivity index (χ4v) is 4.91. The Morgan fingerprint density at radius 1 is 1.22 bits per heavy atom. The lowest BCUT2D eigenvalue weighted by Gasteiger charge is -2.40. The first kappa shape index (κ1) is 16.7. The Bertz CT molecular complexity index is 608. The molecule has 3 heteroatoms. The first-order chi connectivity index (χ1) is 10.7. The van der Waals surface area contributed by atoms with Crippen LogP contribution in [0.1, 0.15) is 52.9 Å².